The van der Waals surface area contributed by atoms with Crippen LogP contribution in [0.25, 0.3) is 0 Å². The van der Waals surface area contributed by atoms with Gasteiger partial charge in [-0.05, 0) is 29.7 Å². The maximum absolute atomic E-state index is 10.5. The molecule has 0 aromatic heterocycles. The summed E-state index contributed by atoms with van der Waals surface area (Å²) < 4.78 is 0. The van der Waals surface area contributed by atoms with Crippen LogP contribution in [-0.2, 0) is 17.8 Å². The Morgan fingerprint density at radius 3 is 2.60 bits per heavy atom. The van der Waals surface area contributed by atoms with E-state index >= 15 is 0 Å². The van der Waals surface area contributed by atoms with Gasteiger partial charge in [0.15, 0.2) is 0 Å². The van der Waals surface area contributed by atoms with Crippen molar-refractivity contribution in [3.05, 3.63) is 34.4 Å². The van der Waals surface area contributed by atoms with Crippen molar-refractivity contribution < 1.29 is 15.0 Å². The minimum Gasteiger partial charge on any atom is -0.481 e. The maximum Gasteiger partial charge on any atom is 0.307 e. The van der Waals surface area contributed by atoms with Crippen LogP contribution < -0.4 is 0 Å². The molecule has 0 amide bonds. The van der Waals surface area contributed by atoms with Gasteiger partial charge in [0.25, 0.3) is 0 Å². The van der Waals surface area contributed by atoms with E-state index in [1.165, 1.54) is 0 Å². The van der Waals surface area contributed by atoms with E-state index in [-0.39, 0.29) is 13.0 Å². The first kappa shape index (κ1) is 11.2. The van der Waals surface area contributed by atoms with Gasteiger partial charge >= 0.3 is 5.97 Å². The standard InChI is InChI=1S/C11H11NO3/c1-7-2-9(5-12)8(4-11(14)15)3-10(7)6-13/h2-3,13H,4,6H2,1H3,(H,14,15). The second-order valence-corrected chi connectivity index (χ2v) is 3.28. The Bertz CT molecular complexity index is 432. The molecule has 0 aliphatic carbocycles. The molecule has 1 aromatic carbocycles. The average molecular weight is 205 g/mol. The van der Waals surface area contributed by atoms with Gasteiger partial charge in [-0.15, -0.1) is 0 Å². The Balaban J connectivity index is 3.24. The first-order valence-electron chi connectivity index (χ1n) is 4.43. The minimum atomic E-state index is -0.987. The highest BCUT2D eigenvalue weighted by molar-refractivity contribution is 5.71. The Morgan fingerprint density at radius 1 is 1.47 bits per heavy atom. The van der Waals surface area contributed by atoms with Crippen molar-refractivity contribution in [2.24, 2.45) is 0 Å². The van der Waals surface area contributed by atoms with E-state index in [2.05, 4.69) is 0 Å². The molecule has 4 nitrogen and oxygen atoms in total. The molecule has 0 aliphatic heterocycles. The quantitative estimate of drug-likeness (QED) is 0.770. The van der Waals surface area contributed by atoms with Crippen LogP contribution in [0.2, 0.25) is 0 Å². The van der Waals surface area contributed by atoms with E-state index in [1.807, 2.05) is 6.07 Å². The number of rotatable bonds is 3. The molecule has 0 saturated heterocycles. The Morgan fingerprint density at radius 2 is 2.13 bits per heavy atom. The molecule has 0 unspecified atom stereocenters. The van der Waals surface area contributed by atoms with E-state index in [1.54, 1.807) is 19.1 Å². The van der Waals surface area contributed by atoms with Crippen molar-refractivity contribution in [2.45, 2.75) is 20.0 Å². The summed E-state index contributed by atoms with van der Waals surface area (Å²) in [5, 5.41) is 26.5. The average Bonchev–Trinajstić information content (AvgIpc) is 2.19. The molecule has 78 valence electrons. The molecular weight excluding hydrogens is 194 g/mol. The van der Waals surface area contributed by atoms with Crippen molar-refractivity contribution >= 4 is 5.97 Å². The van der Waals surface area contributed by atoms with Gasteiger partial charge in [-0.2, -0.15) is 5.26 Å². The Hall–Kier alpha value is -1.86. The lowest BCUT2D eigenvalue weighted by molar-refractivity contribution is -0.136. The van der Waals surface area contributed by atoms with Crippen molar-refractivity contribution in [3.63, 3.8) is 0 Å². The number of aliphatic carboxylic acids is 1. The molecule has 15 heavy (non-hydrogen) atoms. The molecule has 1 rings (SSSR count). The van der Waals surface area contributed by atoms with E-state index in [0.717, 1.165) is 5.56 Å². The van der Waals surface area contributed by atoms with Gasteiger partial charge < -0.3 is 10.2 Å². The third-order valence-corrected chi connectivity index (χ3v) is 2.19. The first-order chi connectivity index (χ1) is 7.08. The molecule has 0 fully saturated rings. The largest absolute Gasteiger partial charge is 0.481 e. The lowest BCUT2D eigenvalue weighted by Crippen LogP contribution is -2.04. The number of hydrogen-bond donors (Lipinski definition) is 2. The van der Waals surface area contributed by atoms with Crippen LogP contribution in [0.4, 0.5) is 0 Å². The van der Waals surface area contributed by atoms with Gasteiger partial charge in [-0.1, -0.05) is 6.07 Å². The summed E-state index contributed by atoms with van der Waals surface area (Å²) in [4.78, 5) is 10.5. The van der Waals surface area contributed by atoms with Crippen LogP contribution in [0, 0.1) is 18.3 Å². The van der Waals surface area contributed by atoms with E-state index in [4.69, 9.17) is 15.5 Å². The number of carboxylic acid groups (broad SMARTS) is 1. The normalized spacial score (nSPS) is 9.67. The third-order valence-electron chi connectivity index (χ3n) is 2.19. The molecule has 0 heterocycles. The van der Waals surface area contributed by atoms with Gasteiger partial charge in [0, 0.05) is 0 Å². The number of nitrogens with zero attached hydrogens (tertiary/aromatic N) is 1. The second-order valence-electron chi connectivity index (χ2n) is 3.28. The molecule has 1 aromatic rings. The predicted molar refractivity (Wildman–Crippen MR) is 53.2 cm³/mol. The van der Waals surface area contributed by atoms with Gasteiger partial charge in [0.05, 0.1) is 24.7 Å². The van der Waals surface area contributed by atoms with Gasteiger partial charge in [0.2, 0.25) is 0 Å². The zero-order valence-electron chi connectivity index (χ0n) is 8.32. The van der Waals surface area contributed by atoms with Crippen LogP contribution in [0.3, 0.4) is 0 Å². The third kappa shape index (κ3) is 2.55. The first-order valence-corrected chi connectivity index (χ1v) is 4.43. The van der Waals surface area contributed by atoms with Crippen LogP contribution in [0.5, 0.6) is 0 Å². The van der Waals surface area contributed by atoms with Crippen molar-refractivity contribution in [1.82, 2.24) is 0 Å². The highest BCUT2D eigenvalue weighted by Gasteiger charge is 2.09. The van der Waals surface area contributed by atoms with Crippen molar-refractivity contribution in [1.29, 1.82) is 5.26 Å². The number of nitriles is 1. The predicted octanol–water partition coefficient (Wildman–Crippen LogP) is 0.986. The van der Waals surface area contributed by atoms with Crippen molar-refractivity contribution in [2.75, 3.05) is 0 Å². The van der Waals surface area contributed by atoms with Crippen LogP contribution in [-0.4, -0.2) is 16.2 Å². The molecular formula is C11H11NO3. The number of benzene rings is 1. The molecule has 2 N–H and O–H groups in total. The fourth-order valence-corrected chi connectivity index (χ4v) is 1.39. The van der Waals surface area contributed by atoms with Crippen LogP contribution in [0.1, 0.15) is 22.3 Å². The number of hydrogen-bond acceptors (Lipinski definition) is 3. The maximum atomic E-state index is 10.5. The number of carbonyl (C=O) groups is 1. The monoisotopic (exact) mass is 205 g/mol. The zero-order valence-corrected chi connectivity index (χ0v) is 8.32. The smallest absolute Gasteiger partial charge is 0.307 e. The van der Waals surface area contributed by atoms with Crippen molar-refractivity contribution in [3.8, 4) is 6.07 Å². The molecule has 0 aliphatic rings. The summed E-state index contributed by atoms with van der Waals surface area (Å²) in [6.07, 6.45) is -0.198. The zero-order chi connectivity index (χ0) is 11.4. The Kier molecular flexibility index (Phi) is 3.42. The van der Waals surface area contributed by atoms with E-state index in [0.29, 0.717) is 16.7 Å². The van der Waals surface area contributed by atoms with Gasteiger partial charge in [-0.3, -0.25) is 4.79 Å². The van der Waals surface area contributed by atoms with Gasteiger partial charge in [0.1, 0.15) is 0 Å². The fraction of sp³-hybridized carbons (Fsp3) is 0.273. The number of carboxylic acids is 1. The summed E-state index contributed by atoms with van der Waals surface area (Å²) in [5.41, 5.74) is 2.25. The molecule has 0 atom stereocenters. The minimum absolute atomic E-state index is 0.149. The van der Waals surface area contributed by atoms with E-state index in [9.17, 15) is 4.79 Å². The highest BCUT2D eigenvalue weighted by Crippen LogP contribution is 2.16. The van der Waals surface area contributed by atoms with E-state index < -0.39 is 5.97 Å². The molecule has 4 heteroatoms. The van der Waals surface area contributed by atoms with Crippen LogP contribution >= 0.6 is 0 Å². The Labute approximate surface area is 87.4 Å². The number of aliphatic hydroxyl groups excluding tert-OH is 1. The summed E-state index contributed by atoms with van der Waals surface area (Å²) in [5.74, 6) is -0.987. The lowest BCUT2D eigenvalue weighted by atomic mass is 9.98. The summed E-state index contributed by atoms with van der Waals surface area (Å²) >= 11 is 0. The molecule has 0 radical (unpaired) electrons. The topological polar surface area (TPSA) is 81.3 Å². The number of aryl methyl sites for hydroxylation is 1. The summed E-state index contributed by atoms with van der Waals surface area (Å²) in [7, 11) is 0. The summed E-state index contributed by atoms with van der Waals surface area (Å²) in [6, 6.07) is 5.12. The summed E-state index contributed by atoms with van der Waals surface area (Å²) in [6.45, 7) is 1.63. The number of aliphatic hydroxyl groups is 1. The second kappa shape index (κ2) is 4.58. The lowest BCUT2D eigenvalue weighted by Gasteiger charge is -2.07. The molecule has 0 saturated carbocycles. The highest BCUT2D eigenvalue weighted by atomic mass is 16.4. The van der Waals surface area contributed by atoms with Crippen LogP contribution in [0.15, 0.2) is 12.1 Å². The molecule has 0 spiro atoms. The fourth-order valence-electron chi connectivity index (χ4n) is 1.39. The van der Waals surface area contributed by atoms with Gasteiger partial charge in [-0.25, -0.2) is 0 Å². The SMILES string of the molecule is Cc1cc(C#N)c(CC(=O)O)cc1CO. The molecule has 0 bridgehead atoms.